The number of nitrogens with one attached hydrogen (secondary N) is 1. The van der Waals surface area contributed by atoms with E-state index in [9.17, 15) is 9.90 Å². The summed E-state index contributed by atoms with van der Waals surface area (Å²) in [6.07, 6.45) is 0. The van der Waals surface area contributed by atoms with Crippen LogP contribution in [0.15, 0.2) is 23.6 Å². The van der Waals surface area contributed by atoms with Crippen molar-refractivity contribution >= 4 is 28.8 Å². The lowest BCUT2D eigenvalue weighted by atomic mass is 10.0. The van der Waals surface area contributed by atoms with E-state index in [1.165, 1.54) is 11.3 Å². The van der Waals surface area contributed by atoms with Crippen molar-refractivity contribution < 1.29 is 9.90 Å². The summed E-state index contributed by atoms with van der Waals surface area (Å²) >= 11 is 7.49. The van der Waals surface area contributed by atoms with Crippen LogP contribution in [0.5, 0.6) is 0 Å². The normalized spacial score (nSPS) is 13.8. The maximum Gasteiger partial charge on any atom is 0.254 e. The van der Waals surface area contributed by atoms with E-state index in [1.54, 1.807) is 13.0 Å². The Kier molecular flexibility index (Phi) is 4.66. The smallest absolute Gasteiger partial charge is 0.254 e. The van der Waals surface area contributed by atoms with E-state index in [1.807, 2.05) is 31.4 Å². The molecule has 112 valence electrons. The average molecular weight is 325 g/mol. The Bertz CT molecular complexity index is 631. The molecule has 0 saturated carbocycles. The number of aryl methyl sites for hydroxylation is 2. The number of carbonyl (C=O) groups excluding carboxylic acids is 1. The van der Waals surface area contributed by atoms with Gasteiger partial charge in [0.1, 0.15) is 10.8 Å². The Morgan fingerprint density at radius 1 is 1.52 bits per heavy atom. The summed E-state index contributed by atoms with van der Waals surface area (Å²) in [5, 5.41) is 15.2. The van der Waals surface area contributed by atoms with Gasteiger partial charge < -0.3 is 10.4 Å². The average Bonchev–Trinajstić information content (AvgIpc) is 2.89. The molecule has 0 bridgehead atoms. The van der Waals surface area contributed by atoms with Crippen LogP contribution in [0.2, 0.25) is 5.15 Å². The minimum Gasteiger partial charge on any atom is -0.383 e. The third-order valence-corrected chi connectivity index (χ3v) is 4.57. The predicted molar refractivity (Wildman–Crippen MR) is 84.9 cm³/mol. The minimum atomic E-state index is -1.11. The lowest BCUT2D eigenvalue weighted by Crippen LogP contribution is -2.38. The zero-order chi connectivity index (χ0) is 15.6. The van der Waals surface area contributed by atoms with E-state index in [0.717, 1.165) is 16.1 Å². The molecule has 6 heteroatoms. The zero-order valence-corrected chi connectivity index (χ0v) is 13.7. The molecule has 2 heterocycles. The maximum absolute atomic E-state index is 12.3. The largest absolute Gasteiger partial charge is 0.383 e. The van der Waals surface area contributed by atoms with Crippen molar-refractivity contribution in [1.82, 2.24) is 10.3 Å². The van der Waals surface area contributed by atoms with E-state index in [4.69, 9.17) is 11.6 Å². The first kappa shape index (κ1) is 15.9. The van der Waals surface area contributed by atoms with E-state index in [0.29, 0.717) is 5.56 Å². The fraction of sp³-hybridized carbons (Fsp3) is 0.333. The highest BCUT2D eigenvalue weighted by Crippen LogP contribution is 2.25. The first-order valence-electron chi connectivity index (χ1n) is 6.49. The maximum atomic E-state index is 12.3. The van der Waals surface area contributed by atoms with Gasteiger partial charge in [-0.2, -0.15) is 0 Å². The molecule has 0 aromatic carbocycles. The fourth-order valence-corrected chi connectivity index (χ4v) is 3.23. The molecule has 0 spiro atoms. The summed E-state index contributed by atoms with van der Waals surface area (Å²) in [5.74, 6) is -0.332. The number of pyridine rings is 1. The molecule has 0 aliphatic heterocycles. The number of rotatable bonds is 4. The molecule has 1 unspecified atom stereocenters. The second-order valence-corrected chi connectivity index (χ2v) is 6.49. The summed E-state index contributed by atoms with van der Waals surface area (Å²) in [7, 11) is 0. The summed E-state index contributed by atoms with van der Waals surface area (Å²) in [5.41, 5.74) is 0.771. The van der Waals surface area contributed by atoms with E-state index < -0.39 is 5.60 Å². The molecule has 1 amide bonds. The molecule has 4 nitrogen and oxygen atoms in total. The van der Waals surface area contributed by atoms with Gasteiger partial charge in [0.05, 0.1) is 12.1 Å². The summed E-state index contributed by atoms with van der Waals surface area (Å²) in [6.45, 7) is 5.41. The van der Waals surface area contributed by atoms with Gasteiger partial charge in [0, 0.05) is 10.6 Å². The molecular formula is C15H17ClN2O2S. The van der Waals surface area contributed by atoms with Crippen molar-refractivity contribution in [2.45, 2.75) is 26.4 Å². The van der Waals surface area contributed by atoms with Crippen molar-refractivity contribution in [2.24, 2.45) is 0 Å². The highest BCUT2D eigenvalue weighted by molar-refractivity contribution is 7.10. The van der Waals surface area contributed by atoms with Crippen LogP contribution in [0.25, 0.3) is 0 Å². The Balaban J connectivity index is 2.13. The standard InChI is InChI=1S/C15H17ClN2O2S/c1-9-7-10(2)18-13(16)12(9)14(19)17-8-15(3,20)11-5-4-6-21-11/h4-7,20H,8H2,1-3H3,(H,17,19). The molecule has 2 aromatic heterocycles. The van der Waals surface area contributed by atoms with Crippen LogP contribution in [0, 0.1) is 13.8 Å². The Morgan fingerprint density at radius 3 is 2.81 bits per heavy atom. The number of hydrogen-bond acceptors (Lipinski definition) is 4. The summed E-state index contributed by atoms with van der Waals surface area (Å²) in [4.78, 5) is 17.2. The van der Waals surface area contributed by atoms with Gasteiger partial charge in [0.25, 0.3) is 5.91 Å². The van der Waals surface area contributed by atoms with Crippen LogP contribution in [0.4, 0.5) is 0 Å². The lowest BCUT2D eigenvalue weighted by molar-refractivity contribution is 0.0556. The molecule has 2 aromatic rings. The number of aromatic nitrogens is 1. The number of thiophene rings is 1. The third-order valence-electron chi connectivity index (χ3n) is 3.17. The van der Waals surface area contributed by atoms with Crippen LogP contribution in [0.1, 0.15) is 33.4 Å². The number of aliphatic hydroxyl groups is 1. The summed E-state index contributed by atoms with van der Waals surface area (Å²) < 4.78 is 0. The van der Waals surface area contributed by atoms with E-state index >= 15 is 0 Å². The van der Waals surface area contributed by atoms with Gasteiger partial charge in [-0.15, -0.1) is 11.3 Å². The van der Waals surface area contributed by atoms with Gasteiger partial charge in [-0.05, 0) is 43.8 Å². The van der Waals surface area contributed by atoms with Crippen molar-refractivity contribution in [3.05, 3.63) is 50.4 Å². The van der Waals surface area contributed by atoms with Crippen LogP contribution in [-0.4, -0.2) is 22.5 Å². The van der Waals surface area contributed by atoms with E-state index in [-0.39, 0.29) is 17.6 Å². The Morgan fingerprint density at radius 2 is 2.24 bits per heavy atom. The van der Waals surface area contributed by atoms with Crippen LogP contribution in [-0.2, 0) is 5.60 Å². The minimum absolute atomic E-state index is 0.107. The Labute approximate surface area is 132 Å². The first-order chi connectivity index (χ1) is 9.81. The van der Waals surface area contributed by atoms with Gasteiger partial charge >= 0.3 is 0 Å². The molecule has 2 rings (SSSR count). The third kappa shape index (κ3) is 3.61. The number of nitrogens with zero attached hydrogens (tertiary/aromatic N) is 1. The molecule has 1 atom stereocenters. The van der Waals surface area contributed by atoms with Gasteiger partial charge in [0.2, 0.25) is 0 Å². The quantitative estimate of drug-likeness (QED) is 0.850. The second kappa shape index (κ2) is 6.13. The molecule has 0 fully saturated rings. The molecular weight excluding hydrogens is 308 g/mol. The predicted octanol–water partition coefficient (Wildman–Crippen LogP) is 3.05. The van der Waals surface area contributed by atoms with E-state index in [2.05, 4.69) is 10.3 Å². The SMILES string of the molecule is Cc1cc(C)c(C(=O)NCC(C)(O)c2cccs2)c(Cl)n1. The van der Waals surface area contributed by atoms with Crippen LogP contribution >= 0.6 is 22.9 Å². The summed E-state index contributed by atoms with van der Waals surface area (Å²) in [6, 6.07) is 5.50. The topological polar surface area (TPSA) is 62.2 Å². The molecule has 21 heavy (non-hydrogen) atoms. The van der Waals surface area contributed by atoms with Crippen molar-refractivity contribution in [1.29, 1.82) is 0 Å². The highest BCUT2D eigenvalue weighted by atomic mass is 35.5. The second-order valence-electron chi connectivity index (χ2n) is 5.18. The number of carbonyl (C=O) groups is 1. The first-order valence-corrected chi connectivity index (χ1v) is 7.75. The molecule has 2 N–H and O–H groups in total. The van der Waals surface area contributed by atoms with Crippen molar-refractivity contribution in [3.63, 3.8) is 0 Å². The molecule has 0 saturated heterocycles. The van der Waals surface area contributed by atoms with Gasteiger partial charge in [-0.1, -0.05) is 17.7 Å². The van der Waals surface area contributed by atoms with Gasteiger partial charge in [-0.25, -0.2) is 4.98 Å². The molecule has 0 aliphatic carbocycles. The zero-order valence-electron chi connectivity index (χ0n) is 12.1. The number of hydrogen-bond donors (Lipinski definition) is 2. The van der Waals surface area contributed by atoms with Gasteiger partial charge in [0.15, 0.2) is 0 Å². The number of halogens is 1. The lowest BCUT2D eigenvalue weighted by Gasteiger charge is -2.22. The highest BCUT2D eigenvalue weighted by Gasteiger charge is 2.26. The van der Waals surface area contributed by atoms with Crippen LogP contribution in [0.3, 0.4) is 0 Å². The molecule has 0 radical (unpaired) electrons. The number of amides is 1. The van der Waals surface area contributed by atoms with Crippen molar-refractivity contribution in [2.75, 3.05) is 6.54 Å². The monoisotopic (exact) mass is 324 g/mol. The fourth-order valence-electron chi connectivity index (χ4n) is 2.08. The van der Waals surface area contributed by atoms with Crippen molar-refractivity contribution in [3.8, 4) is 0 Å². The van der Waals surface area contributed by atoms with Crippen LogP contribution < -0.4 is 5.32 Å². The molecule has 0 aliphatic rings. The Hall–Kier alpha value is -1.43. The van der Waals surface area contributed by atoms with Gasteiger partial charge in [-0.3, -0.25) is 4.79 Å².